The highest BCUT2D eigenvalue weighted by Crippen LogP contribution is 2.10. The van der Waals surface area contributed by atoms with Crippen molar-refractivity contribution < 1.29 is 19.3 Å². The molecule has 0 saturated heterocycles. The van der Waals surface area contributed by atoms with Gasteiger partial charge in [-0.1, -0.05) is 25.5 Å². The second kappa shape index (κ2) is 9.77. The van der Waals surface area contributed by atoms with E-state index in [4.69, 9.17) is 20.2 Å². The molecule has 1 rings (SSSR count). The van der Waals surface area contributed by atoms with Gasteiger partial charge in [0.2, 0.25) is 6.40 Å². The summed E-state index contributed by atoms with van der Waals surface area (Å²) in [5, 5.41) is 0. The van der Waals surface area contributed by atoms with E-state index in [0.29, 0.717) is 18.7 Å². The lowest BCUT2D eigenvalue weighted by molar-refractivity contribution is -0.217. The minimum absolute atomic E-state index is 0.405. The van der Waals surface area contributed by atoms with Crippen LogP contribution in [0.15, 0.2) is 29.3 Å². The Morgan fingerprint density at radius 1 is 1.38 bits per heavy atom. The van der Waals surface area contributed by atoms with Gasteiger partial charge in [-0.15, -0.1) is 0 Å². The molecule has 21 heavy (non-hydrogen) atoms. The van der Waals surface area contributed by atoms with Crippen molar-refractivity contribution in [3.05, 3.63) is 29.8 Å². The number of nitrogens with zero attached hydrogens (tertiary/aromatic N) is 1. The summed E-state index contributed by atoms with van der Waals surface area (Å²) in [6.07, 6.45) is 3.46. The molecule has 0 aliphatic carbocycles. The van der Waals surface area contributed by atoms with Gasteiger partial charge in [0.05, 0.1) is 13.7 Å². The van der Waals surface area contributed by atoms with Crippen LogP contribution in [-0.2, 0) is 25.7 Å². The molecule has 0 unspecified atom stereocenters. The molecule has 116 valence electrons. The fourth-order valence-corrected chi connectivity index (χ4v) is 1.59. The van der Waals surface area contributed by atoms with Crippen LogP contribution in [0.3, 0.4) is 0 Å². The van der Waals surface area contributed by atoms with Crippen LogP contribution in [0.25, 0.3) is 0 Å². The largest absolute Gasteiger partial charge is 0.467 e. The summed E-state index contributed by atoms with van der Waals surface area (Å²) in [7, 11) is 1.33. The maximum absolute atomic E-state index is 11.7. The molecule has 6 nitrogen and oxygen atoms in total. The molecule has 6 heteroatoms. The lowest BCUT2D eigenvalue weighted by atomic mass is 10.1. The highest BCUT2D eigenvalue weighted by molar-refractivity contribution is 5.77. The molecule has 0 saturated carbocycles. The smallest absolute Gasteiger partial charge is 0.331 e. The van der Waals surface area contributed by atoms with Crippen molar-refractivity contribution in [2.45, 2.75) is 32.2 Å². The van der Waals surface area contributed by atoms with Crippen molar-refractivity contribution in [2.24, 2.45) is 4.99 Å². The van der Waals surface area contributed by atoms with Crippen LogP contribution in [0.2, 0.25) is 0 Å². The van der Waals surface area contributed by atoms with Crippen molar-refractivity contribution in [3.63, 3.8) is 0 Å². The van der Waals surface area contributed by atoms with Crippen molar-refractivity contribution in [3.8, 4) is 0 Å². The van der Waals surface area contributed by atoms with E-state index >= 15 is 0 Å². The van der Waals surface area contributed by atoms with Crippen LogP contribution >= 0.6 is 0 Å². The second-order valence-electron chi connectivity index (χ2n) is 4.51. The van der Waals surface area contributed by atoms with Gasteiger partial charge in [-0.05, 0) is 24.1 Å². The van der Waals surface area contributed by atoms with E-state index in [0.717, 1.165) is 24.8 Å². The Labute approximate surface area is 124 Å². The number of nitrogen functional groups attached to an aromatic ring is 1. The molecule has 0 amide bonds. The van der Waals surface area contributed by atoms with Gasteiger partial charge in [0.1, 0.15) is 0 Å². The minimum atomic E-state index is -0.673. The fraction of sp³-hybridized carbons (Fsp3) is 0.467. The van der Waals surface area contributed by atoms with Gasteiger partial charge >= 0.3 is 5.97 Å². The van der Waals surface area contributed by atoms with Gasteiger partial charge in [-0.2, -0.15) is 4.89 Å². The normalized spacial score (nSPS) is 12.3. The average molecular weight is 294 g/mol. The molecule has 0 bridgehead atoms. The quantitative estimate of drug-likeness (QED) is 0.143. The predicted molar refractivity (Wildman–Crippen MR) is 80.8 cm³/mol. The standard InChI is InChI=1S/C15H22N2O4/c1-3-4-9-20-21-11-17-14(15(18)19-2)10-12-5-7-13(16)8-6-12/h5-8,11,14H,3-4,9-10,16H2,1-2H3/t14-/m0/s1. The summed E-state index contributed by atoms with van der Waals surface area (Å²) in [5.41, 5.74) is 7.23. The number of hydrogen-bond donors (Lipinski definition) is 1. The zero-order valence-corrected chi connectivity index (χ0v) is 12.5. The molecule has 0 fully saturated rings. The molecular weight excluding hydrogens is 272 g/mol. The van der Waals surface area contributed by atoms with E-state index in [1.807, 2.05) is 12.1 Å². The Bertz CT molecular complexity index is 445. The summed E-state index contributed by atoms with van der Waals surface area (Å²) < 4.78 is 4.73. The first-order chi connectivity index (χ1) is 10.2. The van der Waals surface area contributed by atoms with E-state index in [-0.39, 0.29) is 0 Å². The summed E-state index contributed by atoms with van der Waals surface area (Å²) in [6, 6.07) is 6.57. The van der Waals surface area contributed by atoms with E-state index in [1.165, 1.54) is 7.11 Å². The molecule has 1 atom stereocenters. The number of benzene rings is 1. The fourth-order valence-electron chi connectivity index (χ4n) is 1.59. The van der Waals surface area contributed by atoms with Crippen molar-refractivity contribution in [1.29, 1.82) is 0 Å². The van der Waals surface area contributed by atoms with Crippen LogP contribution in [0.5, 0.6) is 0 Å². The topological polar surface area (TPSA) is 83.1 Å². The molecule has 0 spiro atoms. The number of carbonyl (C=O) groups excluding carboxylic acids is 1. The number of aliphatic imine (C=N–C) groups is 1. The Morgan fingerprint density at radius 3 is 2.71 bits per heavy atom. The number of esters is 1. The van der Waals surface area contributed by atoms with E-state index < -0.39 is 12.0 Å². The van der Waals surface area contributed by atoms with Gasteiger partial charge in [0.15, 0.2) is 6.04 Å². The number of methoxy groups -OCH3 is 1. The van der Waals surface area contributed by atoms with Crippen molar-refractivity contribution >= 4 is 18.1 Å². The van der Waals surface area contributed by atoms with E-state index in [9.17, 15) is 4.79 Å². The van der Waals surface area contributed by atoms with Gasteiger partial charge in [-0.25, -0.2) is 9.79 Å². The number of nitrogens with two attached hydrogens (primary N) is 1. The molecule has 2 N–H and O–H groups in total. The Morgan fingerprint density at radius 2 is 2.10 bits per heavy atom. The van der Waals surface area contributed by atoms with Crippen LogP contribution < -0.4 is 5.73 Å². The monoisotopic (exact) mass is 294 g/mol. The van der Waals surface area contributed by atoms with E-state index in [2.05, 4.69) is 11.9 Å². The summed E-state index contributed by atoms with van der Waals surface area (Å²) in [6.45, 7) is 2.54. The summed E-state index contributed by atoms with van der Waals surface area (Å²) >= 11 is 0. The number of rotatable bonds is 9. The molecular formula is C15H22N2O4. The van der Waals surface area contributed by atoms with Crippen LogP contribution in [0.4, 0.5) is 5.69 Å². The molecule has 0 aliphatic rings. The predicted octanol–water partition coefficient (Wildman–Crippen LogP) is 2.13. The lowest BCUT2D eigenvalue weighted by Gasteiger charge is -2.10. The number of anilines is 1. The minimum Gasteiger partial charge on any atom is -0.467 e. The maximum atomic E-state index is 11.7. The number of carbonyl (C=O) groups is 1. The Hall–Kier alpha value is -2.08. The lowest BCUT2D eigenvalue weighted by Crippen LogP contribution is -2.23. The first-order valence-electron chi connectivity index (χ1n) is 6.89. The summed E-state index contributed by atoms with van der Waals surface area (Å²) in [5.74, 6) is -0.430. The highest BCUT2D eigenvalue weighted by atomic mass is 17.2. The van der Waals surface area contributed by atoms with Gasteiger partial charge < -0.3 is 15.4 Å². The van der Waals surface area contributed by atoms with Crippen LogP contribution in [0.1, 0.15) is 25.3 Å². The van der Waals surface area contributed by atoms with Crippen LogP contribution in [-0.4, -0.2) is 32.1 Å². The number of hydrogen-bond acceptors (Lipinski definition) is 6. The average Bonchev–Trinajstić information content (AvgIpc) is 2.50. The molecule has 0 heterocycles. The molecule has 0 radical (unpaired) electrons. The first-order valence-corrected chi connectivity index (χ1v) is 6.89. The van der Waals surface area contributed by atoms with Crippen molar-refractivity contribution in [2.75, 3.05) is 19.5 Å². The van der Waals surface area contributed by atoms with Crippen LogP contribution in [0, 0.1) is 0 Å². The maximum Gasteiger partial charge on any atom is 0.331 e. The second-order valence-corrected chi connectivity index (χ2v) is 4.51. The molecule has 1 aromatic carbocycles. The third-order valence-electron chi connectivity index (χ3n) is 2.82. The Balaban J connectivity index is 2.53. The van der Waals surface area contributed by atoms with Gasteiger partial charge in [0.25, 0.3) is 0 Å². The van der Waals surface area contributed by atoms with Crippen molar-refractivity contribution in [1.82, 2.24) is 0 Å². The number of unbranched alkanes of at least 4 members (excludes halogenated alkanes) is 1. The molecule has 0 aromatic heterocycles. The van der Waals surface area contributed by atoms with E-state index in [1.54, 1.807) is 12.1 Å². The molecule has 1 aromatic rings. The summed E-state index contributed by atoms with van der Waals surface area (Å²) in [4.78, 5) is 25.4. The SMILES string of the molecule is CCCCOOC=N[C@@H](Cc1ccc(N)cc1)C(=O)OC. The third-order valence-corrected chi connectivity index (χ3v) is 2.82. The zero-order chi connectivity index (χ0) is 15.5. The third kappa shape index (κ3) is 6.76. The zero-order valence-electron chi connectivity index (χ0n) is 12.5. The van der Waals surface area contributed by atoms with Gasteiger partial charge in [0, 0.05) is 12.1 Å². The van der Waals surface area contributed by atoms with Gasteiger partial charge in [-0.3, -0.25) is 0 Å². The first kappa shape index (κ1) is 17.0. The Kier molecular flexibility index (Phi) is 7.89. The highest BCUT2D eigenvalue weighted by Gasteiger charge is 2.18. The number of ether oxygens (including phenoxy) is 1. The molecule has 0 aliphatic heterocycles.